The van der Waals surface area contributed by atoms with Crippen LogP contribution < -0.4 is 21.7 Å². The van der Waals surface area contributed by atoms with Crippen molar-refractivity contribution in [2.24, 2.45) is 16.1 Å². The number of hydrogen-bond acceptors (Lipinski definition) is 5. The molecule has 0 radical (unpaired) electrons. The van der Waals surface area contributed by atoms with Gasteiger partial charge in [0.15, 0.2) is 0 Å². The first-order chi connectivity index (χ1) is 15.0. The Labute approximate surface area is 200 Å². The predicted octanol–water partition coefficient (Wildman–Crippen LogP) is 3.92. The van der Waals surface area contributed by atoms with Crippen molar-refractivity contribution >= 4 is 40.7 Å². The molecule has 0 unspecified atom stereocenters. The lowest BCUT2D eigenvalue weighted by Gasteiger charge is -2.21. The summed E-state index contributed by atoms with van der Waals surface area (Å²) in [6.45, 7) is 8.14. The maximum Gasteiger partial charge on any atom is 0.275 e. The van der Waals surface area contributed by atoms with Gasteiger partial charge in [-0.1, -0.05) is 43.1 Å². The molecule has 2 amide bonds. The zero-order valence-corrected chi connectivity index (χ0v) is 20.8. The highest BCUT2D eigenvalue weighted by Gasteiger charge is 2.25. The Kier molecular flexibility index (Phi) is 11.3. The molecular formula is C23H33Cl2N5O2. The summed E-state index contributed by atoms with van der Waals surface area (Å²) >= 11 is 12.0. The number of allylic oxidation sites excluding steroid dienone is 1. The largest absolute Gasteiger partial charge is 0.404 e. The summed E-state index contributed by atoms with van der Waals surface area (Å²) in [7, 11) is 1.62. The molecule has 7 nitrogen and oxygen atoms in total. The lowest BCUT2D eigenvalue weighted by atomic mass is 9.87. The first-order valence-electron chi connectivity index (χ1n) is 10.4. The second kappa shape index (κ2) is 13.1. The van der Waals surface area contributed by atoms with E-state index >= 15 is 0 Å². The molecule has 32 heavy (non-hydrogen) atoms. The highest BCUT2D eigenvalue weighted by atomic mass is 35.5. The Balaban J connectivity index is 2.77. The number of nitrogens with one attached hydrogen (secondary N) is 3. The Morgan fingerprint density at radius 2 is 1.91 bits per heavy atom. The minimum Gasteiger partial charge on any atom is -0.404 e. The molecule has 0 heterocycles. The summed E-state index contributed by atoms with van der Waals surface area (Å²) in [6.07, 6.45) is 4.40. The topological polar surface area (TPSA) is 109 Å². The molecule has 0 saturated heterocycles. The van der Waals surface area contributed by atoms with E-state index in [-0.39, 0.29) is 17.5 Å². The molecule has 1 aromatic carbocycles. The maximum atomic E-state index is 12.8. The third kappa shape index (κ3) is 8.55. The minimum absolute atomic E-state index is 0.0248. The van der Waals surface area contributed by atoms with Gasteiger partial charge in [0.1, 0.15) is 11.5 Å². The quantitative estimate of drug-likeness (QED) is 0.283. The van der Waals surface area contributed by atoms with Crippen LogP contribution in [0.2, 0.25) is 10.0 Å². The number of hydrogen-bond donors (Lipinski definition) is 4. The van der Waals surface area contributed by atoms with Gasteiger partial charge in [-0.25, -0.2) is 0 Å². The number of carbonyl (C=O) groups is 2. The highest BCUT2D eigenvalue weighted by Crippen LogP contribution is 2.23. The van der Waals surface area contributed by atoms with Crippen LogP contribution in [-0.4, -0.2) is 31.1 Å². The summed E-state index contributed by atoms with van der Waals surface area (Å²) in [5, 5.41) is 9.60. The van der Waals surface area contributed by atoms with E-state index < -0.39 is 5.41 Å². The second-order valence-electron chi connectivity index (χ2n) is 7.91. The fourth-order valence-electron chi connectivity index (χ4n) is 2.87. The summed E-state index contributed by atoms with van der Waals surface area (Å²) < 4.78 is 0. The lowest BCUT2D eigenvalue weighted by Crippen LogP contribution is -2.37. The van der Waals surface area contributed by atoms with Crippen LogP contribution in [0.4, 0.5) is 0 Å². The number of amides is 2. The van der Waals surface area contributed by atoms with Crippen LogP contribution in [-0.2, 0) is 16.1 Å². The lowest BCUT2D eigenvalue weighted by molar-refractivity contribution is -0.129. The summed E-state index contributed by atoms with van der Waals surface area (Å²) in [6, 6.07) is 5.34. The van der Waals surface area contributed by atoms with Gasteiger partial charge in [0, 0.05) is 25.6 Å². The van der Waals surface area contributed by atoms with Crippen molar-refractivity contribution in [3.63, 3.8) is 0 Å². The second-order valence-corrected chi connectivity index (χ2v) is 8.72. The van der Waals surface area contributed by atoms with E-state index in [1.165, 1.54) is 6.20 Å². The standard InChI is InChI=1S/C23H33Cl2N5O2/c1-6-19(29-14-16-8-9-17(24)18(25)12-16)30-21(31)20(15(2)13-26)28-11-7-10-23(3,4)22(32)27-5/h6,8-9,12-13,29H,7,10-11,14,26H2,1-5H3,(H,27,32)(H,30,31)/b15-13-,19-6?,28-20?. The van der Waals surface area contributed by atoms with Crippen molar-refractivity contribution in [2.45, 2.75) is 47.1 Å². The first kappa shape index (κ1) is 27.5. The molecular weight excluding hydrogens is 449 g/mol. The number of carbonyl (C=O) groups excluding carboxylic acids is 2. The van der Waals surface area contributed by atoms with Crippen molar-refractivity contribution in [3.05, 3.63) is 57.5 Å². The summed E-state index contributed by atoms with van der Waals surface area (Å²) in [4.78, 5) is 29.2. The smallest absolute Gasteiger partial charge is 0.275 e. The third-order valence-corrected chi connectivity index (χ3v) is 5.65. The SMILES string of the molecule is CC=C(NCc1ccc(Cl)c(Cl)c1)NC(=O)C(=NCCCC(C)(C)C(=O)NC)/C(C)=C\N. The number of halogens is 2. The van der Waals surface area contributed by atoms with Crippen molar-refractivity contribution in [3.8, 4) is 0 Å². The van der Waals surface area contributed by atoms with E-state index in [9.17, 15) is 9.59 Å². The van der Waals surface area contributed by atoms with Crippen LogP contribution >= 0.6 is 23.2 Å². The van der Waals surface area contributed by atoms with Crippen molar-refractivity contribution < 1.29 is 9.59 Å². The number of nitrogens with zero attached hydrogens (tertiary/aromatic N) is 1. The van der Waals surface area contributed by atoms with Crippen LogP contribution in [0.5, 0.6) is 0 Å². The fourth-order valence-corrected chi connectivity index (χ4v) is 3.19. The number of rotatable bonds is 11. The van der Waals surface area contributed by atoms with Gasteiger partial charge in [-0.05, 0) is 62.2 Å². The molecule has 0 aliphatic carbocycles. The van der Waals surface area contributed by atoms with Gasteiger partial charge in [0.25, 0.3) is 5.91 Å². The molecule has 0 saturated carbocycles. The maximum absolute atomic E-state index is 12.8. The van der Waals surface area contributed by atoms with Crippen LogP contribution in [0.1, 0.15) is 46.1 Å². The molecule has 1 aromatic rings. The molecule has 176 valence electrons. The minimum atomic E-state index is -0.502. The monoisotopic (exact) mass is 481 g/mol. The molecule has 5 N–H and O–H groups in total. The molecule has 0 atom stereocenters. The molecule has 0 aliphatic rings. The van der Waals surface area contributed by atoms with Crippen molar-refractivity contribution in [1.29, 1.82) is 0 Å². The van der Waals surface area contributed by atoms with Crippen LogP contribution in [0, 0.1) is 5.41 Å². The van der Waals surface area contributed by atoms with Crippen LogP contribution in [0.3, 0.4) is 0 Å². The Morgan fingerprint density at radius 1 is 1.22 bits per heavy atom. The zero-order valence-electron chi connectivity index (χ0n) is 19.3. The van der Waals surface area contributed by atoms with Gasteiger partial charge in [-0.3, -0.25) is 14.6 Å². The van der Waals surface area contributed by atoms with E-state index in [0.717, 1.165) is 5.56 Å². The van der Waals surface area contributed by atoms with Gasteiger partial charge in [-0.15, -0.1) is 0 Å². The van der Waals surface area contributed by atoms with Crippen LogP contribution in [0.15, 0.2) is 46.9 Å². The van der Waals surface area contributed by atoms with Gasteiger partial charge < -0.3 is 21.7 Å². The third-order valence-electron chi connectivity index (χ3n) is 4.91. The number of benzene rings is 1. The Bertz CT molecular complexity index is 908. The van der Waals surface area contributed by atoms with Crippen molar-refractivity contribution in [1.82, 2.24) is 16.0 Å². The van der Waals surface area contributed by atoms with E-state index in [2.05, 4.69) is 20.9 Å². The van der Waals surface area contributed by atoms with Crippen LogP contribution in [0.25, 0.3) is 0 Å². The van der Waals surface area contributed by atoms with Gasteiger partial charge in [-0.2, -0.15) is 0 Å². The summed E-state index contributed by atoms with van der Waals surface area (Å²) in [5.74, 6) is 0.132. The average Bonchev–Trinajstić information content (AvgIpc) is 2.77. The van der Waals surface area contributed by atoms with E-state index in [1.807, 2.05) is 19.9 Å². The zero-order chi connectivity index (χ0) is 24.3. The Morgan fingerprint density at radius 3 is 2.47 bits per heavy atom. The van der Waals surface area contributed by atoms with E-state index in [1.54, 1.807) is 39.1 Å². The van der Waals surface area contributed by atoms with Gasteiger partial charge in [0.05, 0.1) is 10.0 Å². The van der Waals surface area contributed by atoms with Crippen molar-refractivity contribution in [2.75, 3.05) is 13.6 Å². The number of nitrogens with two attached hydrogens (primary N) is 1. The normalized spacial score (nSPS) is 13.0. The summed E-state index contributed by atoms with van der Waals surface area (Å²) in [5.41, 5.74) is 6.86. The van der Waals surface area contributed by atoms with E-state index in [0.29, 0.717) is 47.4 Å². The molecule has 9 heteroatoms. The molecule has 0 aromatic heterocycles. The molecule has 0 aliphatic heterocycles. The average molecular weight is 482 g/mol. The fraction of sp³-hybridized carbons (Fsp3) is 0.435. The Hall–Kier alpha value is -2.51. The molecule has 0 fully saturated rings. The van der Waals surface area contributed by atoms with Gasteiger partial charge >= 0.3 is 0 Å². The number of aliphatic imine (C=N–C) groups is 1. The first-order valence-corrected chi connectivity index (χ1v) is 11.1. The molecule has 1 rings (SSSR count). The molecule has 0 bridgehead atoms. The highest BCUT2D eigenvalue weighted by molar-refractivity contribution is 6.45. The van der Waals surface area contributed by atoms with E-state index in [4.69, 9.17) is 28.9 Å². The predicted molar refractivity (Wildman–Crippen MR) is 133 cm³/mol. The van der Waals surface area contributed by atoms with Gasteiger partial charge in [0.2, 0.25) is 5.91 Å². The molecule has 0 spiro atoms.